The zero-order chi connectivity index (χ0) is 31.7. The first-order valence-electron chi connectivity index (χ1n) is 15.1. The van der Waals surface area contributed by atoms with E-state index in [1.165, 1.54) is 0 Å². The maximum absolute atomic E-state index is 13.2. The maximum atomic E-state index is 13.2. The molecular weight excluding hydrogens is 576 g/mol. The molecule has 0 atom stereocenters. The van der Waals surface area contributed by atoms with E-state index in [-0.39, 0.29) is 18.2 Å². The van der Waals surface area contributed by atoms with E-state index in [1.807, 2.05) is 110 Å². The number of aldehydes is 1. The van der Waals surface area contributed by atoms with Crippen LogP contribution >= 0.6 is 0 Å². The standard InChI is InChI=1S/C39H32N2O5/c1-2-40-39(43)37-36(31-20-18-27(24-42)19-21-31)38(46-41-37)33-22-32(30-16-10-5-11-17-30)34(44-25-28-12-6-3-7-13-28)23-35(33)45-26-29-14-8-4-9-15-29/h3-24H,2,25-26H2,1H3,(H,40,43). The number of amides is 1. The summed E-state index contributed by atoms with van der Waals surface area (Å²) in [5, 5.41) is 7.08. The van der Waals surface area contributed by atoms with Gasteiger partial charge in [-0.15, -0.1) is 0 Å². The van der Waals surface area contributed by atoms with Crippen molar-refractivity contribution >= 4 is 12.2 Å². The first-order valence-corrected chi connectivity index (χ1v) is 15.1. The van der Waals surface area contributed by atoms with Crippen LogP contribution in [0, 0.1) is 0 Å². The van der Waals surface area contributed by atoms with Crippen molar-refractivity contribution in [1.82, 2.24) is 10.5 Å². The van der Waals surface area contributed by atoms with E-state index in [4.69, 9.17) is 14.0 Å². The van der Waals surface area contributed by atoms with Gasteiger partial charge in [-0.1, -0.05) is 120 Å². The molecule has 0 bridgehead atoms. The Morgan fingerprint density at radius 3 is 1.85 bits per heavy atom. The van der Waals surface area contributed by atoms with Crippen LogP contribution in [0.5, 0.6) is 11.5 Å². The molecule has 1 amide bonds. The number of nitrogens with zero attached hydrogens (tertiary/aromatic N) is 1. The van der Waals surface area contributed by atoms with E-state index in [1.54, 1.807) is 24.3 Å². The lowest BCUT2D eigenvalue weighted by Gasteiger charge is -2.18. The van der Waals surface area contributed by atoms with Crippen LogP contribution in [0.25, 0.3) is 33.6 Å². The second-order valence-electron chi connectivity index (χ2n) is 10.6. The van der Waals surface area contributed by atoms with E-state index in [9.17, 15) is 9.59 Å². The second-order valence-corrected chi connectivity index (χ2v) is 10.6. The molecule has 7 heteroatoms. The minimum atomic E-state index is -0.371. The summed E-state index contributed by atoms with van der Waals surface area (Å²) in [5.74, 6) is 1.11. The molecular formula is C39H32N2O5. The molecule has 0 saturated carbocycles. The molecule has 5 aromatic carbocycles. The zero-order valence-electron chi connectivity index (χ0n) is 25.3. The minimum Gasteiger partial charge on any atom is -0.488 e. The van der Waals surface area contributed by atoms with Gasteiger partial charge in [0.2, 0.25) is 0 Å². The highest BCUT2D eigenvalue weighted by Crippen LogP contribution is 2.45. The Labute approximate surface area is 267 Å². The number of hydrogen-bond acceptors (Lipinski definition) is 6. The summed E-state index contributed by atoms with van der Waals surface area (Å²) >= 11 is 0. The quantitative estimate of drug-likeness (QED) is 0.140. The van der Waals surface area contributed by atoms with Crippen molar-refractivity contribution in [2.45, 2.75) is 20.1 Å². The first-order chi connectivity index (χ1) is 22.6. The van der Waals surface area contributed by atoms with Crippen molar-refractivity contribution in [1.29, 1.82) is 0 Å². The molecule has 0 aliphatic carbocycles. The Hall–Kier alpha value is -5.95. The lowest BCUT2D eigenvalue weighted by molar-refractivity contribution is 0.0947. The third-order valence-electron chi connectivity index (χ3n) is 7.47. The number of ether oxygens (including phenoxy) is 2. The molecule has 0 spiro atoms. The second kappa shape index (κ2) is 14.2. The topological polar surface area (TPSA) is 90.7 Å². The number of benzene rings is 5. The summed E-state index contributed by atoms with van der Waals surface area (Å²) in [6.07, 6.45) is 0.777. The number of rotatable bonds is 12. The van der Waals surface area contributed by atoms with Gasteiger partial charge < -0.3 is 19.3 Å². The Morgan fingerprint density at radius 2 is 1.28 bits per heavy atom. The Balaban J connectivity index is 1.54. The summed E-state index contributed by atoms with van der Waals surface area (Å²) in [6, 6.07) is 40.5. The SMILES string of the molecule is CCNC(=O)c1noc(-c2cc(-c3ccccc3)c(OCc3ccccc3)cc2OCc2ccccc2)c1-c1ccc(C=O)cc1. The maximum Gasteiger partial charge on any atom is 0.274 e. The molecule has 0 unspecified atom stereocenters. The molecule has 6 rings (SSSR count). The zero-order valence-corrected chi connectivity index (χ0v) is 25.3. The van der Waals surface area contributed by atoms with Crippen molar-refractivity contribution < 1.29 is 23.6 Å². The summed E-state index contributed by atoms with van der Waals surface area (Å²) < 4.78 is 19.0. The molecule has 1 N–H and O–H groups in total. The molecule has 1 heterocycles. The van der Waals surface area contributed by atoms with Crippen molar-refractivity contribution in [3.63, 3.8) is 0 Å². The number of carbonyl (C=O) groups excluding carboxylic acids is 2. The minimum absolute atomic E-state index is 0.135. The van der Waals surface area contributed by atoms with E-state index in [2.05, 4.69) is 10.5 Å². The molecule has 0 fully saturated rings. The molecule has 0 aliphatic rings. The third kappa shape index (κ3) is 6.74. The van der Waals surface area contributed by atoms with E-state index >= 15 is 0 Å². The van der Waals surface area contributed by atoms with Crippen LogP contribution in [0.3, 0.4) is 0 Å². The van der Waals surface area contributed by atoms with E-state index in [0.717, 1.165) is 28.5 Å². The van der Waals surface area contributed by atoms with Gasteiger partial charge in [0.05, 0.1) is 11.1 Å². The molecule has 6 aromatic rings. The smallest absolute Gasteiger partial charge is 0.274 e. The van der Waals surface area contributed by atoms with Crippen molar-refractivity contribution in [3.05, 3.63) is 150 Å². The number of nitrogens with one attached hydrogen (secondary N) is 1. The molecule has 1 aromatic heterocycles. The van der Waals surface area contributed by atoms with Crippen LogP contribution < -0.4 is 14.8 Å². The van der Waals surface area contributed by atoms with E-state index in [0.29, 0.717) is 52.7 Å². The van der Waals surface area contributed by atoms with Gasteiger partial charge in [-0.05, 0) is 35.2 Å². The largest absolute Gasteiger partial charge is 0.488 e. The fraction of sp³-hybridized carbons (Fsp3) is 0.103. The summed E-state index contributed by atoms with van der Waals surface area (Å²) in [4.78, 5) is 24.6. The lowest BCUT2D eigenvalue weighted by atomic mass is 9.94. The molecule has 0 saturated heterocycles. The summed E-state index contributed by atoms with van der Waals surface area (Å²) in [5.41, 5.74) is 6.17. The first kappa shape index (κ1) is 30.1. The predicted molar refractivity (Wildman–Crippen MR) is 178 cm³/mol. The highest BCUT2D eigenvalue weighted by Gasteiger charge is 2.28. The number of carbonyl (C=O) groups is 2. The van der Waals surface area contributed by atoms with Gasteiger partial charge in [0, 0.05) is 23.7 Å². The molecule has 7 nitrogen and oxygen atoms in total. The highest BCUT2D eigenvalue weighted by molar-refractivity contribution is 6.03. The average molecular weight is 609 g/mol. The van der Waals surface area contributed by atoms with Gasteiger partial charge in [-0.25, -0.2) is 0 Å². The van der Waals surface area contributed by atoms with Crippen LogP contribution in [0.2, 0.25) is 0 Å². The third-order valence-corrected chi connectivity index (χ3v) is 7.47. The molecule has 0 aliphatic heterocycles. The number of hydrogen-bond donors (Lipinski definition) is 1. The monoisotopic (exact) mass is 608 g/mol. The van der Waals surface area contributed by atoms with Crippen LogP contribution in [0.4, 0.5) is 0 Å². The fourth-order valence-electron chi connectivity index (χ4n) is 5.16. The van der Waals surface area contributed by atoms with Crippen molar-refractivity contribution in [2.75, 3.05) is 6.54 Å². The summed E-state index contributed by atoms with van der Waals surface area (Å²) in [6.45, 7) is 2.91. The van der Waals surface area contributed by atoms with Gasteiger partial charge >= 0.3 is 0 Å². The molecule has 46 heavy (non-hydrogen) atoms. The van der Waals surface area contributed by atoms with Crippen LogP contribution in [-0.2, 0) is 13.2 Å². The van der Waals surface area contributed by atoms with E-state index < -0.39 is 0 Å². The Kier molecular flexibility index (Phi) is 9.30. The fourth-order valence-corrected chi connectivity index (χ4v) is 5.16. The van der Waals surface area contributed by atoms with Gasteiger partial charge in [-0.2, -0.15) is 0 Å². The molecule has 0 radical (unpaired) electrons. The molecule has 228 valence electrons. The van der Waals surface area contributed by atoms with Crippen LogP contribution in [0.1, 0.15) is 38.9 Å². The predicted octanol–water partition coefficient (Wildman–Crippen LogP) is 8.40. The van der Waals surface area contributed by atoms with Gasteiger partial charge in [-0.3, -0.25) is 9.59 Å². The van der Waals surface area contributed by atoms with Crippen LogP contribution in [-0.4, -0.2) is 23.9 Å². The Morgan fingerprint density at radius 1 is 0.717 bits per heavy atom. The van der Waals surface area contributed by atoms with Gasteiger partial charge in [0.25, 0.3) is 5.91 Å². The summed E-state index contributed by atoms with van der Waals surface area (Å²) in [7, 11) is 0. The van der Waals surface area contributed by atoms with Crippen molar-refractivity contribution in [3.8, 4) is 45.1 Å². The average Bonchev–Trinajstić information content (AvgIpc) is 3.56. The number of aromatic nitrogens is 1. The normalized spacial score (nSPS) is 10.7. The van der Waals surface area contributed by atoms with Crippen molar-refractivity contribution in [2.24, 2.45) is 0 Å². The van der Waals surface area contributed by atoms with Crippen LogP contribution in [0.15, 0.2) is 132 Å². The Bertz CT molecular complexity index is 1920. The van der Waals surface area contributed by atoms with Gasteiger partial charge in [0.1, 0.15) is 31.0 Å². The lowest BCUT2D eigenvalue weighted by Crippen LogP contribution is -2.23. The highest BCUT2D eigenvalue weighted by atomic mass is 16.5. The van der Waals surface area contributed by atoms with Gasteiger partial charge in [0.15, 0.2) is 11.5 Å².